The van der Waals surface area contributed by atoms with Gasteiger partial charge in [-0.1, -0.05) is 0 Å². The number of aryl methyl sites for hydroxylation is 2. The minimum Gasteiger partial charge on any atom is -0.496 e. The molecule has 0 saturated carbocycles. The van der Waals surface area contributed by atoms with Gasteiger partial charge in [-0.15, -0.1) is 0 Å². The Kier molecular flexibility index (Phi) is 3.64. The zero-order valence-corrected chi connectivity index (χ0v) is 11.8. The molecular weight excluding hydrogens is 250 g/mol. The molecule has 4 nitrogen and oxygen atoms in total. The highest BCUT2D eigenvalue weighted by molar-refractivity contribution is 7.92. The predicted molar refractivity (Wildman–Crippen MR) is 70.9 cm³/mol. The number of rotatable bonds is 3. The van der Waals surface area contributed by atoms with Gasteiger partial charge in [-0.3, -0.25) is 0 Å². The number of nitrogens with one attached hydrogen (secondary N) is 1. The number of sulfone groups is 1. The summed E-state index contributed by atoms with van der Waals surface area (Å²) in [4.78, 5) is 0.439. The predicted octanol–water partition coefficient (Wildman–Crippen LogP) is 1.45. The van der Waals surface area contributed by atoms with Crippen LogP contribution in [-0.2, 0) is 9.84 Å². The molecule has 0 aromatic heterocycles. The van der Waals surface area contributed by atoms with Crippen LogP contribution >= 0.6 is 0 Å². The van der Waals surface area contributed by atoms with E-state index in [1.165, 1.54) is 0 Å². The van der Waals surface area contributed by atoms with E-state index in [2.05, 4.69) is 5.32 Å². The first-order chi connectivity index (χ1) is 8.46. The molecule has 18 heavy (non-hydrogen) atoms. The lowest BCUT2D eigenvalue weighted by Gasteiger charge is -2.15. The van der Waals surface area contributed by atoms with E-state index in [0.29, 0.717) is 17.9 Å². The molecule has 1 aliphatic rings. The molecular formula is C13H19NO3S. The Morgan fingerprint density at radius 3 is 2.56 bits per heavy atom. The van der Waals surface area contributed by atoms with Crippen molar-refractivity contribution in [2.45, 2.75) is 30.4 Å². The molecule has 2 rings (SSSR count). The van der Waals surface area contributed by atoms with Crippen LogP contribution in [0.2, 0.25) is 0 Å². The van der Waals surface area contributed by atoms with Gasteiger partial charge in [0.25, 0.3) is 0 Å². The van der Waals surface area contributed by atoms with Crippen molar-refractivity contribution in [2.75, 3.05) is 20.2 Å². The van der Waals surface area contributed by atoms with Crippen LogP contribution < -0.4 is 10.1 Å². The van der Waals surface area contributed by atoms with E-state index in [0.717, 1.165) is 23.4 Å². The molecule has 1 unspecified atom stereocenters. The molecule has 0 bridgehead atoms. The largest absolute Gasteiger partial charge is 0.496 e. The minimum absolute atomic E-state index is 0.302. The lowest BCUT2D eigenvalue weighted by atomic mass is 10.1. The second-order valence-electron chi connectivity index (χ2n) is 4.75. The zero-order valence-electron chi connectivity index (χ0n) is 11.0. The van der Waals surface area contributed by atoms with Gasteiger partial charge in [-0.25, -0.2) is 8.42 Å². The van der Waals surface area contributed by atoms with Crippen molar-refractivity contribution in [3.8, 4) is 5.75 Å². The second-order valence-corrected chi connectivity index (χ2v) is 6.94. The Balaban J connectivity index is 2.47. The van der Waals surface area contributed by atoms with E-state index < -0.39 is 9.84 Å². The molecule has 0 amide bonds. The van der Waals surface area contributed by atoms with Crippen molar-refractivity contribution < 1.29 is 13.2 Å². The molecule has 1 saturated heterocycles. The zero-order chi connectivity index (χ0) is 13.3. The fourth-order valence-electron chi connectivity index (χ4n) is 2.36. The molecule has 1 heterocycles. The molecule has 1 N–H and O–H groups in total. The molecule has 0 radical (unpaired) electrons. The van der Waals surface area contributed by atoms with Crippen LogP contribution in [-0.4, -0.2) is 33.9 Å². The average molecular weight is 269 g/mol. The van der Waals surface area contributed by atoms with Gasteiger partial charge >= 0.3 is 0 Å². The third-order valence-corrected chi connectivity index (χ3v) is 5.79. The summed E-state index contributed by atoms with van der Waals surface area (Å²) in [5.74, 6) is 0.732. The highest BCUT2D eigenvalue weighted by Crippen LogP contribution is 2.29. The summed E-state index contributed by atoms with van der Waals surface area (Å²) in [5, 5.41) is 2.80. The van der Waals surface area contributed by atoms with Crippen molar-refractivity contribution >= 4 is 9.84 Å². The van der Waals surface area contributed by atoms with Crippen LogP contribution in [0.1, 0.15) is 17.5 Å². The maximum atomic E-state index is 12.5. The molecule has 100 valence electrons. The monoisotopic (exact) mass is 269 g/mol. The first-order valence-electron chi connectivity index (χ1n) is 6.06. The standard InChI is InChI=1S/C13H19NO3S/c1-9-7-13(10(2)6-12(9)17-3)18(15,16)11-4-5-14-8-11/h6-7,11,14H,4-5,8H2,1-3H3. The number of methoxy groups -OCH3 is 1. The van der Waals surface area contributed by atoms with Gasteiger partial charge in [-0.05, 0) is 50.1 Å². The molecule has 1 fully saturated rings. The summed E-state index contributed by atoms with van der Waals surface area (Å²) in [6, 6.07) is 3.52. The molecule has 0 aliphatic carbocycles. The van der Waals surface area contributed by atoms with Crippen LogP contribution in [0.5, 0.6) is 5.75 Å². The summed E-state index contributed by atoms with van der Waals surface area (Å²) in [5.41, 5.74) is 1.61. The molecule has 1 aromatic carbocycles. The van der Waals surface area contributed by atoms with Gasteiger partial charge in [0.15, 0.2) is 9.84 Å². The third kappa shape index (κ3) is 2.24. The Morgan fingerprint density at radius 1 is 1.28 bits per heavy atom. The number of hydrogen-bond donors (Lipinski definition) is 1. The van der Waals surface area contributed by atoms with Gasteiger partial charge in [0.05, 0.1) is 17.3 Å². The maximum Gasteiger partial charge on any atom is 0.182 e. The van der Waals surface area contributed by atoms with Gasteiger partial charge < -0.3 is 10.1 Å². The van der Waals surface area contributed by atoms with E-state index in [1.54, 1.807) is 19.2 Å². The summed E-state index contributed by atoms with van der Waals surface area (Å²) >= 11 is 0. The molecule has 1 aliphatic heterocycles. The van der Waals surface area contributed by atoms with Gasteiger partial charge in [0.2, 0.25) is 0 Å². The number of benzene rings is 1. The van der Waals surface area contributed by atoms with Crippen LogP contribution in [0.25, 0.3) is 0 Å². The molecule has 1 atom stereocenters. The highest BCUT2D eigenvalue weighted by Gasteiger charge is 2.31. The number of ether oxygens (including phenoxy) is 1. The van der Waals surface area contributed by atoms with E-state index in [-0.39, 0.29) is 5.25 Å². The van der Waals surface area contributed by atoms with Crippen LogP contribution in [0, 0.1) is 13.8 Å². The third-order valence-electron chi connectivity index (χ3n) is 3.45. The van der Waals surface area contributed by atoms with Gasteiger partial charge in [-0.2, -0.15) is 0 Å². The van der Waals surface area contributed by atoms with Crippen molar-refractivity contribution in [3.05, 3.63) is 23.3 Å². The van der Waals surface area contributed by atoms with Crippen molar-refractivity contribution in [1.29, 1.82) is 0 Å². The fraction of sp³-hybridized carbons (Fsp3) is 0.538. The lowest BCUT2D eigenvalue weighted by molar-refractivity contribution is 0.411. The Labute approximate surface area is 108 Å². The summed E-state index contributed by atoms with van der Waals surface area (Å²) in [7, 11) is -1.64. The summed E-state index contributed by atoms with van der Waals surface area (Å²) < 4.78 is 30.3. The lowest BCUT2D eigenvalue weighted by Crippen LogP contribution is -2.24. The normalized spacial score (nSPS) is 20.1. The van der Waals surface area contributed by atoms with E-state index in [1.807, 2.05) is 13.8 Å². The van der Waals surface area contributed by atoms with Gasteiger partial charge in [0.1, 0.15) is 5.75 Å². The fourth-order valence-corrected chi connectivity index (χ4v) is 4.34. The Bertz CT molecular complexity index is 546. The number of hydrogen-bond acceptors (Lipinski definition) is 4. The highest BCUT2D eigenvalue weighted by atomic mass is 32.2. The topological polar surface area (TPSA) is 55.4 Å². The average Bonchev–Trinajstić information content (AvgIpc) is 2.85. The van der Waals surface area contributed by atoms with Crippen LogP contribution in [0.3, 0.4) is 0 Å². The van der Waals surface area contributed by atoms with E-state index in [4.69, 9.17) is 4.74 Å². The quantitative estimate of drug-likeness (QED) is 0.902. The van der Waals surface area contributed by atoms with E-state index >= 15 is 0 Å². The Morgan fingerprint density at radius 2 is 2.00 bits per heavy atom. The second kappa shape index (κ2) is 4.90. The minimum atomic E-state index is -3.23. The first-order valence-corrected chi connectivity index (χ1v) is 7.61. The maximum absolute atomic E-state index is 12.5. The van der Waals surface area contributed by atoms with Crippen molar-refractivity contribution in [2.24, 2.45) is 0 Å². The molecule has 0 spiro atoms. The van der Waals surface area contributed by atoms with Crippen molar-refractivity contribution in [3.63, 3.8) is 0 Å². The summed E-state index contributed by atoms with van der Waals surface area (Å²) in [6.45, 7) is 5.01. The molecule has 5 heteroatoms. The van der Waals surface area contributed by atoms with E-state index in [9.17, 15) is 8.42 Å². The van der Waals surface area contributed by atoms with Gasteiger partial charge in [0, 0.05) is 6.54 Å². The van der Waals surface area contributed by atoms with Crippen LogP contribution in [0.15, 0.2) is 17.0 Å². The smallest absolute Gasteiger partial charge is 0.182 e. The Hall–Kier alpha value is -1.07. The van der Waals surface area contributed by atoms with Crippen LogP contribution in [0.4, 0.5) is 0 Å². The summed E-state index contributed by atoms with van der Waals surface area (Å²) in [6.07, 6.45) is 0.687. The SMILES string of the molecule is COc1cc(C)c(S(=O)(=O)C2CCNC2)cc1C. The van der Waals surface area contributed by atoms with Crippen molar-refractivity contribution in [1.82, 2.24) is 5.32 Å². The molecule has 1 aromatic rings. The first kappa shape index (κ1) is 13.4.